The average molecular weight is 718 g/mol. The lowest BCUT2D eigenvalue weighted by Crippen LogP contribution is -2.59. The van der Waals surface area contributed by atoms with Crippen LogP contribution in [0.3, 0.4) is 0 Å². The van der Waals surface area contributed by atoms with Crippen LogP contribution in [0.25, 0.3) is 11.3 Å². The van der Waals surface area contributed by atoms with Gasteiger partial charge >= 0.3 is 12.3 Å². The van der Waals surface area contributed by atoms with Crippen LogP contribution in [0.1, 0.15) is 61.0 Å². The Morgan fingerprint density at radius 2 is 1.56 bits per heavy atom. The molecule has 2 unspecified atom stereocenters. The van der Waals surface area contributed by atoms with E-state index < -0.39 is 61.8 Å². The molecular formula is C37H50F3N3O6Si. The largest absolute Gasteiger partial charge is 0.488 e. The molecular weight excluding hydrogens is 668 g/mol. The molecule has 1 aromatic heterocycles. The van der Waals surface area contributed by atoms with Gasteiger partial charge in [-0.25, -0.2) is 9.78 Å². The number of halogens is 3. The van der Waals surface area contributed by atoms with Gasteiger partial charge in [0.25, 0.3) is 5.91 Å². The van der Waals surface area contributed by atoms with Gasteiger partial charge in [0.05, 0.1) is 11.7 Å². The number of carbonyl (C=O) groups is 2. The Balaban J connectivity index is 1.88. The number of alkyl halides is 3. The summed E-state index contributed by atoms with van der Waals surface area (Å²) in [6.07, 6.45) is -7.77. The van der Waals surface area contributed by atoms with Gasteiger partial charge in [-0.1, -0.05) is 77.1 Å². The van der Waals surface area contributed by atoms with E-state index in [4.69, 9.17) is 18.6 Å². The van der Waals surface area contributed by atoms with Gasteiger partial charge in [0.15, 0.2) is 21.0 Å². The highest BCUT2D eigenvalue weighted by Gasteiger charge is 2.52. The number of hydrogen-bond acceptors (Lipinski definition) is 7. The molecule has 0 aliphatic carbocycles. The molecule has 274 valence electrons. The first-order chi connectivity index (χ1) is 23.1. The quantitative estimate of drug-likeness (QED) is 0.170. The van der Waals surface area contributed by atoms with Crippen molar-refractivity contribution in [1.29, 1.82) is 0 Å². The zero-order valence-electron chi connectivity index (χ0n) is 30.5. The van der Waals surface area contributed by atoms with Crippen LogP contribution in [-0.4, -0.2) is 55.8 Å². The third kappa shape index (κ3) is 12.0. The van der Waals surface area contributed by atoms with Gasteiger partial charge in [-0.05, 0) is 74.7 Å². The maximum atomic E-state index is 14.5. The zero-order chi connectivity index (χ0) is 37.5. The van der Waals surface area contributed by atoms with Crippen molar-refractivity contribution in [1.82, 2.24) is 10.3 Å². The molecule has 0 spiro atoms. The smallest absolute Gasteiger partial charge is 0.415 e. The van der Waals surface area contributed by atoms with Crippen LogP contribution < -0.4 is 20.1 Å². The van der Waals surface area contributed by atoms with E-state index in [0.29, 0.717) is 17.0 Å². The molecule has 2 aromatic carbocycles. The minimum absolute atomic E-state index is 0.00522. The van der Waals surface area contributed by atoms with Crippen LogP contribution in [0.4, 0.5) is 23.7 Å². The van der Waals surface area contributed by atoms with E-state index in [1.165, 1.54) is 0 Å². The molecule has 2 N–H and O–H groups in total. The van der Waals surface area contributed by atoms with Crippen LogP contribution >= 0.6 is 0 Å². The molecule has 2 amide bonds. The number of pyridine rings is 1. The third-order valence-electron chi connectivity index (χ3n) is 8.13. The molecule has 0 saturated carbocycles. The lowest BCUT2D eigenvalue weighted by Gasteiger charge is -2.42. The average Bonchev–Trinajstić information content (AvgIpc) is 3.00. The van der Waals surface area contributed by atoms with Crippen LogP contribution in [0, 0.1) is 5.92 Å². The predicted molar refractivity (Wildman–Crippen MR) is 191 cm³/mol. The Morgan fingerprint density at radius 1 is 0.900 bits per heavy atom. The van der Waals surface area contributed by atoms with Crippen molar-refractivity contribution in [3.63, 3.8) is 0 Å². The number of rotatable bonds is 13. The van der Waals surface area contributed by atoms with Crippen LogP contribution in [-0.2, 0) is 20.6 Å². The van der Waals surface area contributed by atoms with Crippen molar-refractivity contribution in [3.8, 4) is 22.9 Å². The van der Waals surface area contributed by atoms with E-state index in [0.717, 1.165) is 5.56 Å². The van der Waals surface area contributed by atoms with Gasteiger partial charge in [-0.3, -0.25) is 10.1 Å². The lowest BCUT2D eigenvalue weighted by atomic mass is 9.98. The Kier molecular flexibility index (Phi) is 13.1. The summed E-state index contributed by atoms with van der Waals surface area (Å²) in [6, 6.07) is 18.1. The number of carbonyl (C=O) groups excluding carboxylic acids is 2. The molecule has 0 aliphatic rings. The monoisotopic (exact) mass is 717 g/mol. The van der Waals surface area contributed by atoms with E-state index in [1.807, 2.05) is 71.9 Å². The standard InChI is InChI=1S/C37H50F3N3O6Si/c1-24(2)31(32(37(38,39)40)49-50(9,10)36(6,7)8)43-30(44)23-46-33-29(42-34(45)47-22-25-15-12-11-13-16-25)20-19-28(41-33)26-17-14-18-27(21-26)48-35(3,4)5/h11-21,24,31-32H,22-23H2,1-10H3,(H,42,45)(H,43,44). The molecule has 0 fully saturated rings. The molecule has 50 heavy (non-hydrogen) atoms. The van der Waals surface area contributed by atoms with Crippen LogP contribution in [0.5, 0.6) is 11.6 Å². The molecule has 3 rings (SSSR count). The number of aromatic nitrogens is 1. The summed E-state index contributed by atoms with van der Waals surface area (Å²) in [5, 5.41) is 4.60. The number of nitrogens with one attached hydrogen (secondary N) is 2. The molecule has 13 heteroatoms. The Hall–Kier alpha value is -4.10. The van der Waals surface area contributed by atoms with Crippen LogP contribution in [0.15, 0.2) is 66.7 Å². The molecule has 0 radical (unpaired) electrons. The second kappa shape index (κ2) is 16.3. The highest BCUT2D eigenvalue weighted by Crippen LogP contribution is 2.41. The summed E-state index contributed by atoms with van der Waals surface area (Å²) in [4.78, 5) is 30.6. The molecule has 2 atom stereocenters. The Morgan fingerprint density at radius 3 is 2.14 bits per heavy atom. The minimum Gasteiger partial charge on any atom is -0.488 e. The topological polar surface area (TPSA) is 108 Å². The van der Waals surface area contributed by atoms with Crippen LogP contribution in [0.2, 0.25) is 18.1 Å². The Bertz CT molecular complexity index is 1590. The molecule has 0 bridgehead atoms. The lowest BCUT2D eigenvalue weighted by molar-refractivity contribution is -0.210. The van der Waals surface area contributed by atoms with Crippen molar-refractivity contribution >= 4 is 26.0 Å². The predicted octanol–water partition coefficient (Wildman–Crippen LogP) is 9.15. The van der Waals surface area contributed by atoms with E-state index in [9.17, 15) is 22.8 Å². The highest BCUT2D eigenvalue weighted by atomic mass is 28.4. The number of ether oxygens (including phenoxy) is 3. The fourth-order valence-electron chi connectivity index (χ4n) is 4.54. The van der Waals surface area contributed by atoms with Crippen molar-refractivity contribution in [3.05, 3.63) is 72.3 Å². The minimum atomic E-state index is -4.74. The van der Waals surface area contributed by atoms with Gasteiger partial charge in [-0.15, -0.1) is 0 Å². The number of anilines is 1. The van der Waals surface area contributed by atoms with Crippen molar-refractivity contribution in [2.75, 3.05) is 11.9 Å². The second-order valence-corrected chi connectivity index (χ2v) is 19.7. The fourth-order valence-corrected chi connectivity index (χ4v) is 5.81. The van der Waals surface area contributed by atoms with Gasteiger partial charge in [0.1, 0.15) is 23.6 Å². The number of nitrogens with zero attached hydrogens (tertiary/aromatic N) is 1. The third-order valence-corrected chi connectivity index (χ3v) is 12.6. The maximum Gasteiger partial charge on any atom is 0.415 e. The summed E-state index contributed by atoms with van der Waals surface area (Å²) in [7, 11) is -2.89. The van der Waals surface area contributed by atoms with E-state index in [-0.39, 0.29) is 18.2 Å². The molecule has 1 heterocycles. The molecule has 9 nitrogen and oxygen atoms in total. The normalized spacial score (nSPS) is 13.7. The molecule has 0 aliphatic heterocycles. The van der Waals surface area contributed by atoms with Gasteiger partial charge < -0.3 is 24.0 Å². The summed E-state index contributed by atoms with van der Waals surface area (Å²) in [5.74, 6) is -0.982. The summed E-state index contributed by atoms with van der Waals surface area (Å²) >= 11 is 0. The van der Waals surface area contributed by atoms with Gasteiger partial charge in [-0.2, -0.15) is 13.2 Å². The highest BCUT2D eigenvalue weighted by molar-refractivity contribution is 6.74. The van der Waals surface area contributed by atoms with Crippen molar-refractivity contribution in [2.24, 2.45) is 5.92 Å². The summed E-state index contributed by atoms with van der Waals surface area (Å²) in [5.41, 5.74) is 1.52. The SMILES string of the molecule is CC(C)C(NC(=O)COc1nc(-c2cccc(OC(C)(C)C)c2)ccc1NC(=O)OCc1ccccc1)C(O[Si](C)(C)C(C)(C)C)C(F)(F)F. The maximum absolute atomic E-state index is 14.5. The van der Waals surface area contributed by atoms with E-state index in [2.05, 4.69) is 15.6 Å². The number of hydrogen-bond donors (Lipinski definition) is 2. The number of amides is 2. The first-order valence-electron chi connectivity index (χ1n) is 16.5. The number of benzene rings is 2. The van der Waals surface area contributed by atoms with E-state index in [1.54, 1.807) is 63.3 Å². The van der Waals surface area contributed by atoms with Crippen molar-refractivity contribution < 1.29 is 41.4 Å². The molecule has 0 saturated heterocycles. The second-order valence-electron chi connectivity index (χ2n) is 14.9. The van der Waals surface area contributed by atoms with Gasteiger partial charge in [0.2, 0.25) is 5.88 Å². The first kappa shape index (κ1) is 40.3. The summed E-state index contributed by atoms with van der Waals surface area (Å²) in [6.45, 7) is 17.3. The van der Waals surface area contributed by atoms with E-state index >= 15 is 0 Å². The van der Waals surface area contributed by atoms with Crippen molar-refractivity contribution in [2.45, 2.75) is 104 Å². The first-order valence-corrected chi connectivity index (χ1v) is 19.4. The molecule has 3 aromatic rings. The Labute approximate surface area is 294 Å². The van der Waals surface area contributed by atoms with Gasteiger partial charge in [0, 0.05) is 5.56 Å². The summed E-state index contributed by atoms with van der Waals surface area (Å²) < 4.78 is 66.4. The fraction of sp³-hybridized carbons (Fsp3) is 0.486. The zero-order valence-corrected chi connectivity index (χ0v) is 31.5.